The lowest BCUT2D eigenvalue weighted by molar-refractivity contribution is -0.124. The lowest BCUT2D eigenvalue weighted by atomic mass is 9.80. The van der Waals surface area contributed by atoms with E-state index in [-0.39, 0.29) is 17.9 Å². The fourth-order valence-electron chi connectivity index (χ4n) is 0.879. The van der Waals surface area contributed by atoms with E-state index in [9.17, 15) is 4.79 Å². The summed E-state index contributed by atoms with van der Waals surface area (Å²) >= 11 is 0. The van der Waals surface area contributed by atoms with Gasteiger partial charge in [0.1, 0.15) is 0 Å². The van der Waals surface area contributed by atoms with Gasteiger partial charge in [0.2, 0.25) is 5.91 Å². The molecule has 0 heterocycles. The van der Waals surface area contributed by atoms with Gasteiger partial charge in [-0.05, 0) is 12.8 Å². The SMILES string of the molecule is NC(=O)[C@H]1CC[C@H]1N. The maximum absolute atomic E-state index is 10.3. The quantitative estimate of drug-likeness (QED) is 0.469. The van der Waals surface area contributed by atoms with Crippen molar-refractivity contribution in [1.29, 1.82) is 0 Å². The lowest BCUT2D eigenvalue weighted by Crippen LogP contribution is -2.46. The molecule has 1 saturated carbocycles. The molecular formula is C5H10N2O. The zero-order valence-electron chi connectivity index (χ0n) is 4.63. The molecule has 0 spiro atoms. The third kappa shape index (κ3) is 0.690. The summed E-state index contributed by atoms with van der Waals surface area (Å²) < 4.78 is 0. The van der Waals surface area contributed by atoms with Gasteiger partial charge in [-0.15, -0.1) is 0 Å². The first-order valence-electron chi connectivity index (χ1n) is 2.76. The molecule has 2 atom stereocenters. The minimum Gasteiger partial charge on any atom is -0.369 e. The number of nitrogens with two attached hydrogens (primary N) is 2. The second kappa shape index (κ2) is 1.74. The van der Waals surface area contributed by atoms with Crippen molar-refractivity contribution in [2.45, 2.75) is 18.9 Å². The van der Waals surface area contributed by atoms with E-state index in [1.807, 2.05) is 0 Å². The van der Waals surface area contributed by atoms with Crippen molar-refractivity contribution in [2.75, 3.05) is 0 Å². The van der Waals surface area contributed by atoms with Gasteiger partial charge in [-0.2, -0.15) is 0 Å². The van der Waals surface area contributed by atoms with Crippen LogP contribution in [-0.4, -0.2) is 11.9 Å². The third-order valence-electron chi connectivity index (χ3n) is 1.69. The van der Waals surface area contributed by atoms with Crippen LogP contribution in [0.25, 0.3) is 0 Å². The Morgan fingerprint density at radius 1 is 1.50 bits per heavy atom. The van der Waals surface area contributed by atoms with Crippen molar-refractivity contribution in [1.82, 2.24) is 0 Å². The summed E-state index contributed by atoms with van der Waals surface area (Å²) in [7, 11) is 0. The standard InChI is InChI=1S/C5H10N2O/c6-4-2-1-3(4)5(7)8/h3-4H,1-2,6H2,(H2,7,8)/t3-,4+/m0/s1. The topological polar surface area (TPSA) is 69.1 Å². The van der Waals surface area contributed by atoms with Crippen LogP contribution in [0.2, 0.25) is 0 Å². The molecular weight excluding hydrogens is 104 g/mol. The van der Waals surface area contributed by atoms with Gasteiger partial charge in [0.15, 0.2) is 0 Å². The number of hydrogen-bond acceptors (Lipinski definition) is 2. The first kappa shape index (κ1) is 5.56. The highest BCUT2D eigenvalue weighted by molar-refractivity contribution is 5.78. The molecule has 1 amide bonds. The fraction of sp³-hybridized carbons (Fsp3) is 0.800. The first-order chi connectivity index (χ1) is 3.72. The van der Waals surface area contributed by atoms with Crippen LogP contribution in [0.3, 0.4) is 0 Å². The summed E-state index contributed by atoms with van der Waals surface area (Å²) in [5.74, 6) is -0.279. The highest BCUT2D eigenvalue weighted by atomic mass is 16.1. The van der Waals surface area contributed by atoms with Crippen LogP contribution in [0.5, 0.6) is 0 Å². The Morgan fingerprint density at radius 3 is 2.12 bits per heavy atom. The highest BCUT2D eigenvalue weighted by Gasteiger charge is 2.31. The molecule has 0 radical (unpaired) electrons. The molecule has 1 fully saturated rings. The number of carbonyl (C=O) groups excluding carboxylic acids is 1. The molecule has 3 heteroatoms. The number of rotatable bonds is 1. The van der Waals surface area contributed by atoms with E-state index in [1.165, 1.54) is 0 Å². The average molecular weight is 114 g/mol. The van der Waals surface area contributed by atoms with Crippen LogP contribution in [-0.2, 0) is 4.79 Å². The van der Waals surface area contributed by atoms with Crippen molar-refractivity contribution in [3.05, 3.63) is 0 Å². The Morgan fingerprint density at radius 2 is 2.12 bits per heavy atom. The first-order valence-corrected chi connectivity index (χ1v) is 2.76. The smallest absolute Gasteiger partial charge is 0.222 e. The second-order valence-corrected chi connectivity index (χ2v) is 2.25. The van der Waals surface area contributed by atoms with Crippen LogP contribution in [0.1, 0.15) is 12.8 Å². The third-order valence-corrected chi connectivity index (χ3v) is 1.69. The molecule has 1 aliphatic rings. The Labute approximate surface area is 48.0 Å². The predicted molar refractivity (Wildman–Crippen MR) is 29.9 cm³/mol. The lowest BCUT2D eigenvalue weighted by Gasteiger charge is -2.30. The monoisotopic (exact) mass is 114 g/mol. The van der Waals surface area contributed by atoms with Crippen molar-refractivity contribution >= 4 is 5.91 Å². The average Bonchev–Trinajstić information content (AvgIpc) is 1.61. The predicted octanol–water partition coefficient (Wildman–Crippen LogP) is -0.791. The van der Waals surface area contributed by atoms with Crippen LogP contribution in [0.4, 0.5) is 0 Å². The van der Waals surface area contributed by atoms with E-state index < -0.39 is 0 Å². The van der Waals surface area contributed by atoms with Gasteiger partial charge in [0.25, 0.3) is 0 Å². The second-order valence-electron chi connectivity index (χ2n) is 2.25. The van der Waals surface area contributed by atoms with Gasteiger partial charge >= 0.3 is 0 Å². The van der Waals surface area contributed by atoms with Crippen LogP contribution < -0.4 is 11.5 Å². The molecule has 0 aromatic heterocycles. The molecule has 1 aliphatic carbocycles. The van der Waals surface area contributed by atoms with E-state index in [0.717, 1.165) is 12.8 Å². The zero-order chi connectivity index (χ0) is 6.15. The van der Waals surface area contributed by atoms with Crippen LogP contribution >= 0.6 is 0 Å². The number of amides is 1. The zero-order valence-corrected chi connectivity index (χ0v) is 4.63. The minimum absolute atomic E-state index is 0.0324. The van der Waals surface area contributed by atoms with Crippen LogP contribution in [0, 0.1) is 5.92 Å². The molecule has 0 aromatic carbocycles. The number of primary amides is 1. The summed E-state index contributed by atoms with van der Waals surface area (Å²) in [5, 5.41) is 0. The number of carbonyl (C=O) groups is 1. The summed E-state index contributed by atoms with van der Waals surface area (Å²) in [5.41, 5.74) is 10.4. The summed E-state index contributed by atoms with van der Waals surface area (Å²) in [4.78, 5) is 10.3. The molecule has 8 heavy (non-hydrogen) atoms. The summed E-state index contributed by atoms with van der Waals surface area (Å²) in [6.07, 6.45) is 1.84. The molecule has 0 aromatic rings. The Hall–Kier alpha value is -0.570. The Balaban J connectivity index is 2.37. The maximum Gasteiger partial charge on any atom is 0.222 e. The van der Waals surface area contributed by atoms with E-state index >= 15 is 0 Å². The van der Waals surface area contributed by atoms with E-state index in [2.05, 4.69) is 0 Å². The van der Waals surface area contributed by atoms with E-state index in [0.29, 0.717) is 0 Å². The largest absolute Gasteiger partial charge is 0.369 e. The molecule has 0 bridgehead atoms. The van der Waals surface area contributed by atoms with Gasteiger partial charge in [0, 0.05) is 6.04 Å². The minimum atomic E-state index is -0.247. The molecule has 0 aliphatic heterocycles. The fourth-order valence-corrected chi connectivity index (χ4v) is 0.879. The summed E-state index contributed by atoms with van der Waals surface area (Å²) in [6.45, 7) is 0. The van der Waals surface area contributed by atoms with Gasteiger partial charge < -0.3 is 11.5 Å². The highest BCUT2D eigenvalue weighted by Crippen LogP contribution is 2.24. The maximum atomic E-state index is 10.3. The van der Waals surface area contributed by atoms with E-state index in [1.54, 1.807) is 0 Å². The van der Waals surface area contributed by atoms with Crippen LogP contribution in [0.15, 0.2) is 0 Å². The molecule has 3 nitrogen and oxygen atoms in total. The molecule has 0 unspecified atom stereocenters. The van der Waals surface area contributed by atoms with E-state index in [4.69, 9.17) is 11.5 Å². The molecule has 46 valence electrons. The Kier molecular flexibility index (Phi) is 1.21. The van der Waals surface area contributed by atoms with Gasteiger partial charge in [-0.1, -0.05) is 0 Å². The van der Waals surface area contributed by atoms with Gasteiger partial charge in [-0.25, -0.2) is 0 Å². The van der Waals surface area contributed by atoms with Gasteiger partial charge in [0.05, 0.1) is 5.92 Å². The van der Waals surface area contributed by atoms with Crippen molar-refractivity contribution in [3.63, 3.8) is 0 Å². The van der Waals surface area contributed by atoms with Crippen molar-refractivity contribution in [3.8, 4) is 0 Å². The molecule has 0 saturated heterocycles. The molecule has 4 N–H and O–H groups in total. The normalized spacial score (nSPS) is 36.1. The van der Waals surface area contributed by atoms with Crippen molar-refractivity contribution in [2.24, 2.45) is 17.4 Å². The van der Waals surface area contributed by atoms with Gasteiger partial charge in [-0.3, -0.25) is 4.79 Å². The molecule has 1 rings (SSSR count). The Bertz CT molecular complexity index is 113. The summed E-state index contributed by atoms with van der Waals surface area (Å²) in [6, 6.07) is 0.0486. The van der Waals surface area contributed by atoms with Crippen molar-refractivity contribution < 1.29 is 4.79 Å². The number of hydrogen-bond donors (Lipinski definition) is 2.